The molecule has 4 heteroatoms. The quantitative estimate of drug-likeness (QED) is 0.546. The number of alkyl halides is 3. The van der Waals surface area contributed by atoms with Crippen molar-refractivity contribution >= 4 is 0 Å². The van der Waals surface area contributed by atoms with E-state index < -0.39 is 25.6 Å². The maximum atomic E-state index is 11.1. The van der Waals surface area contributed by atoms with Crippen LogP contribution in [-0.4, -0.2) is 19.2 Å². The summed E-state index contributed by atoms with van der Waals surface area (Å²) in [6.45, 7) is -1.20. The zero-order valence-corrected chi connectivity index (χ0v) is 4.11. The van der Waals surface area contributed by atoms with Crippen molar-refractivity contribution in [2.75, 3.05) is 6.67 Å². The Balaban J connectivity index is 3.10. The molecule has 0 aliphatic carbocycles. The van der Waals surface area contributed by atoms with Gasteiger partial charge in [-0.3, -0.25) is 0 Å². The van der Waals surface area contributed by atoms with Crippen LogP contribution in [-0.2, 0) is 5.11 Å². The van der Waals surface area contributed by atoms with E-state index in [1.165, 1.54) is 0 Å². The van der Waals surface area contributed by atoms with Crippen molar-refractivity contribution in [3.8, 4) is 0 Å². The molecule has 0 saturated carbocycles. The molecule has 1 unspecified atom stereocenters. The Hall–Kier alpha value is -0.250. The molecule has 0 N–H and O–H groups in total. The summed E-state index contributed by atoms with van der Waals surface area (Å²) < 4.78 is 33.3. The Kier molecular flexibility index (Phi) is 3.60. The van der Waals surface area contributed by atoms with Crippen molar-refractivity contribution in [2.45, 2.75) is 19.0 Å². The topological polar surface area (TPSA) is 19.9 Å². The Labute approximate surface area is 45.1 Å². The second-order valence-corrected chi connectivity index (χ2v) is 1.40. The zero-order chi connectivity index (χ0) is 6.57. The van der Waals surface area contributed by atoms with Gasteiger partial charge in [0.2, 0.25) is 6.43 Å². The Morgan fingerprint density at radius 2 is 1.88 bits per heavy atom. The molecule has 0 heterocycles. The Bertz CT molecular complexity index is 57.2. The van der Waals surface area contributed by atoms with Crippen LogP contribution < -0.4 is 0 Å². The third-order valence-corrected chi connectivity index (χ3v) is 0.613. The highest BCUT2D eigenvalue weighted by molar-refractivity contribution is 4.52. The first-order valence-corrected chi connectivity index (χ1v) is 2.16. The third kappa shape index (κ3) is 3.92. The Morgan fingerprint density at radius 3 is 2.00 bits per heavy atom. The molecular weight excluding hydrogens is 121 g/mol. The van der Waals surface area contributed by atoms with Crippen molar-refractivity contribution in [1.82, 2.24) is 0 Å². The second-order valence-electron chi connectivity index (χ2n) is 1.40. The average Bonchev–Trinajstić information content (AvgIpc) is 1.65. The number of halogens is 3. The highest BCUT2D eigenvalue weighted by Gasteiger charge is 2.12. The fraction of sp³-hybridized carbons (Fsp3) is 1.00. The van der Waals surface area contributed by atoms with E-state index >= 15 is 0 Å². The van der Waals surface area contributed by atoms with Gasteiger partial charge in [-0.15, -0.1) is 0 Å². The van der Waals surface area contributed by atoms with Gasteiger partial charge < -0.3 is 0 Å². The first-order chi connectivity index (χ1) is 3.66. The van der Waals surface area contributed by atoms with E-state index in [2.05, 4.69) is 0 Å². The molecule has 1 nitrogen and oxygen atoms in total. The predicted octanol–water partition coefficient (Wildman–Crippen LogP) is 1.41. The lowest BCUT2D eigenvalue weighted by atomic mass is 10.3. The van der Waals surface area contributed by atoms with Gasteiger partial charge in [-0.1, -0.05) is 0 Å². The van der Waals surface area contributed by atoms with Crippen molar-refractivity contribution in [2.24, 2.45) is 0 Å². The van der Waals surface area contributed by atoms with Crippen molar-refractivity contribution in [3.63, 3.8) is 0 Å². The summed E-state index contributed by atoms with van der Waals surface area (Å²) in [5.41, 5.74) is 0. The molecule has 49 valence electrons. The molecule has 0 aliphatic rings. The lowest BCUT2D eigenvalue weighted by Gasteiger charge is -1.99. The van der Waals surface area contributed by atoms with Gasteiger partial charge in [-0.25, -0.2) is 18.3 Å². The molecule has 0 bridgehead atoms. The van der Waals surface area contributed by atoms with Crippen molar-refractivity contribution in [1.29, 1.82) is 0 Å². The minimum atomic E-state index is -2.67. The lowest BCUT2D eigenvalue weighted by molar-refractivity contribution is 0.00663. The van der Waals surface area contributed by atoms with E-state index in [1.54, 1.807) is 0 Å². The summed E-state index contributed by atoms with van der Waals surface area (Å²) >= 11 is 0. The van der Waals surface area contributed by atoms with Crippen LogP contribution >= 0.6 is 0 Å². The van der Waals surface area contributed by atoms with Crippen LogP contribution in [0.1, 0.15) is 6.42 Å². The van der Waals surface area contributed by atoms with Gasteiger partial charge in [-0.05, 0) is 0 Å². The average molecular weight is 127 g/mol. The fourth-order valence-electron chi connectivity index (χ4n) is 0.262. The third-order valence-electron chi connectivity index (χ3n) is 0.613. The maximum Gasteiger partial charge on any atom is 0.241 e. The molecule has 0 fully saturated rings. The van der Waals surface area contributed by atoms with Crippen LogP contribution in [0.2, 0.25) is 0 Å². The summed E-state index contributed by atoms with van der Waals surface area (Å²) in [5, 5.41) is 9.85. The van der Waals surface area contributed by atoms with Crippen LogP contribution in [0.4, 0.5) is 13.2 Å². The highest BCUT2D eigenvalue weighted by atomic mass is 19.3. The van der Waals surface area contributed by atoms with E-state index in [1.807, 2.05) is 0 Å². The molecular formula is C4H6F3O. The molecule has 0 rings (SSSR count). The van der Waals surface area contributed by atoms with Crippen LogP contribution in [0.5, 0.6) is 0 Å². The number of hydrogen-bond acceptors (Lipinski definition) is 0. The molecule has 0 aromatic carbocycles. The van der Waals surface area contributed by atoms with E-state index in [0.29, 0.717) is 0 Å². The van der Waals surface area contributed by atoms with Crippen molar-refractivity contribution < 1.29 is 18.3 Å². The normalized spacial score (nSPS) is 14.6. The summed E-state index contributed by atoms with van der Waals surface area (Å²) in [6.07, 6.45) is -5.29. The van der Waals surface area contributed by atoms with Gasteiger partial charge in [0.25, 0.3) is 0 Å². The summed E-state index contributed by atoms with van der Waals surface area (Å²) in [5.74, 6) is 0. The molecule has 0 aliphatic heterocycles. The van der Waals surface area contributed by atoms with Crippen LogP contribution in [0.25, 0.3) is 0 Å². The van der Waals surface area contributed by atoms with E-state index in [9.17, 15) is 18.3 Å². The maximum absolute atomic E-state index is 11.1. The van der Waals surface area contributed by atoms with E-state index in [4.69, 9.17) is 0 Å². The molecule has 0 spiro atoms. The fourth-order valence-corrected chi connectivity index (χ4v) is 0.262. The van der Waals surface area contributed by atoms with E-state index in [-0.39, 0.29) is 0 Å². The van der Waals surface area contributed by atoms with Gasteiger partial charge in [0, 0.05) is 6.42 Å². The van der Waals surface area contributed by atoms with Gasteiger partial charge in [-0.2, -0.15) is 0 Å². The zero-order valence-electron chi connectivity index (χ0n) is 4.11. The summed E-state index contributed by atoms with van der Waals surface area (Å²) in [4.78, 5) is 0. The summed E-state index contributed by atoms with van der Waals surface area (Å²) in [7, 11) is 0. The lowest BCUT2D eigenvalue weighted by Crippen LogP contribution is -2.11. The highest BCUT2D eigenvalue weighted by Crippen LogP contribution is 2.03. The summed E-state index contributed by atoms with van der Waals surface area (Å²) in [6, 6.07) is 0. The standard InChI is InChI=1S/C4H6F3O/c5-2-3(8)1-4(6)7/h3-4H,1-2H2. The van der Waals surface area contributed by atoms with Crippen LogP contribution in [0, 0.1) is 0 Å². The second kappa shape index (κ2) is 3.72. The largest absolute Gasteiger partial charge is 0.248 e. The van der Waals surface area contributed by atoms with Gasteiger partial charge in [0.1, 0.15) is 12.8 Å². The molecule has 1 radical (unpaired) electrons. The molecule has 1 atom stereocenters. The minimum absolute atomic E-state index is 0.878. The number of rotatable bonds is 3. The van der Waals surface area contributed by atoms with Gasteiger partial charge in [0.15, 0.2) is 0 Å². The van der Waals surface area contributed by atoms with Crippen LogP contribution in [0.3, 0.4) is 0 Å². The SMILES string of the molecule is [O]C(CF)CC(F)F. The molecule has 0 aromatic heterocycles. The first kappa shape index (κ1) is 7.75. The minimum Gasteiger partial charge on any atom is -0.248 e. The number of hydrogen-bond donors (Lipinski definition) is 0. The van der Waals surface area contributed by atoms with Gasteiger partial charge in [0.05, 0.1) is 0 Å². The molecule has 0 saturated heterocycles. The first-order valence-electron chi connectivity index (χ1n) is 2.16. The van der Waals surface area contributed by atoms with Crippen molar-refractivity contribution in [3.05, 3.63) is 0 Å². The molecule has 0 amide bonds. The van der Waals surface area contributed by atoms with Gasteiger partial charge >= 0.3 is 0 Å². The van der Waals surface area contributed by atoms with Crippen LogP contribution in [0.15, 0.2) is 0 Å². The molecule has 8 heavy (non-hydrogen) atoms. The predicted molar refractivity (Wildman–Crippen MR) is 21.1 cm³/mol. The van der Waals surface area contributed by atoms with E-state index in [0.717, 1.165) is 0 Å². The Morgan fingerprint density at radius 1 is 1.38 bits per heavy atom. The molecule has 0 aromatic rings. The smallest absolute Gasteiger partial charge is 0.241 e. The monoisotopic (exact) mass is 127 g/mol.